The van der Waals surface area contributed by atoms with Gasteiger partial charge in [-0.05, 0) is 36.1 Å². The summed E-state index contributed by atoms with van der Waals surface area (Å²) in [4.78, 5) is 0. The molecule has 0 aromatic heterocycles. The molecule has 2 N–H and O–H groups in total. The lowest BCUT2D eigenvalue weighted by Gasteiger charge is -2.47. The van der Waals surface area contributed by atoms with Crippen LogP contribution >= 0.6 is 31.9 Å². The lowest BCUT2D eigenvalue weighted by Crippen LogP contribution is -2.50. The van der Waals surface area contributed by atoms with Gasteiger partial charge in [-0.2, -0.15) is 0 Å². The molecule has 1 saturated carbocycles. The minimum absolute atomic E-state index is 0.134. The van der Waals surface area contributed by atoms with E-state index in [1.54, 1.807) is 0 Å². The predicted octanol–water partition coefficient (Wildman–Crippen LogP) is 5.84. The zero-order chi connectivity index (χ0) is 17.4. The molecule has 2 aromatic rings. The Morgan fingerprint density at radius 1 is 0.840 bits per heavy atom. The van der Waals surface area contributed by atoms with Crippen molar-refractivity contribution < 1.29 is 5.21 Å². The molecule has 0 amide bonds. The fourth-order valence-electron chi connectivity index (χ4n) is 4.45. The smallest absolute Gasteiger partial charge is 0.0670 e. The summed E-state index contributed by atoms with van der Waals surface area (Å²) in [7, 11) is 0. The minimum atomic E-state index is 0.134. The van der Waals surface area contributed by atoms with Crippen molar-refractivity contribution in [3.8, 4) is 0 Å². The summed E-state index contributed by atoms with van der Waals surface area (Å²) in [5, 5.41) is 17.5. The van der Waals surface area contributed by atoms with Crippen LogP contribution in [0.25, 0.3) is 0 Å². The molecule has 0 radical (unpaired) electrons. The molecule has 2 aliphatic rings. The normalized spacial score (nSPS) is 30.4. The maximum Gasteiger partial charge on any atom is 0.0670 e. The van der Waals surface area contributed by atoms with Gasteiger partial charge >= 0.3 is 0 Å². The Hall–Kier alpha value is -1.17. The molecule has 130 valence electrons. The second-order valence-electron chi connectivity index (χ2n) is 6.83. The van der Waals surface area contributed by atoms with E-state index in [1.807, 2.05) is 12.1 Å². The SMILES string of the molecule is ON=C1[C@H]2CCC[C@@H]1C(c1ccccc1Br)NC2c1ccccc1Br. The van der Waals surface area contributed by atoms with Crippen LogP contribution < -0.4 is 5.32 Å². The lowest BCUT2D eigenvalue weighted by molar-refractivity contribution is 0.214. The average molecular weight is 464 g/mol. The van der Waals surface area contributed by atoms with Crippen molar-refractivity contribution in [1.29, 1.82) is 0 Å². The number of piperidine rings is 1. The fourth-order valence-corrected chi connectivity index (χ4v) is 5.51. The van der Waals surface area contributed by atoms with Crippen LogP contribution in [0.2, 0.25) is 0 Å². The first-order chi connectivity index (χ1) is 12.2. The van der Waals surface area contributed by atoms with Gasteiger partial charge in [-0.3, -0.25) is 0 Å². The standard InChI is InChI=1S/C20H20Br2N2O/c21-16-10-3-1-6-12(16)18-14-8-5-9-15(20(14)24-25)19(23-18)13-7-2-4-11-17(13)22/h1-4,6-7,10-11,14-15,18-19,23,25H,5,8-9H2/t14-,15+,18?,19?. The largest absolute Gasteiger partial charge is 0.411 e. The van der Waals surface area contributed by atoms with Gasteiger partial charge in [0.15, 0.2) is 0 Å². The van der Waals surface area contributed by atoms with Gasteiger partial charge in [0.1, 0.15) is 0 Å². The molecule has 2 bridgehead atoms. The molecule has 2 fully saturated rings. The second-order valence-corrected chi connectivity index (χ2v) is 8.54. The first kappa shape index (κ1) is 17.3. The molecule has 4 atom stereocenters. The Labute approximate surface area is 164 Å². The van der Waals surface area contributed by atoms with Crippen LogP contribution in [0.1, 0.15) is 42.5 Å². The van der Waals surface area contributed by atoms with E-state index in [1.165, 1.54) is 11.1 Å². The molecule has 4 rings (SSSR count). The van der Waals surface area contributed by atoms with Crippen molar-refractivity contribution in [2.45, 2.75) is 31.3 Å². The quantitative estimate of drug-likeness (QED) is 0.433. The number of rotatable bonds is 2. The Balaban J connectivity index is 1.81. The molecule has 25 heavy (non-hydrogen) atoms. The Morgan fingerprint density at radius 3 is 1.76 bits per heavy atom. The number of fused-ring (bicyclic) bond motifs is 2. The van der Waals surface area contributed by atoms with E-state index in [2.05, 4.69) is 78.7 Å². The van der Waals surface area contributed by atoms with E-state index < -0.39 is 0 Å². The Bertz CT molecular complexity index is 746. The van der Waals surface area contributed by atoms with Gasteiger partial charge in [-0.1, -0.05) is 79.8 Å². The summed E-state index contributed by atoms with van der Waals surface area (Å²) in [5.74, 6) is 0.474. The van der Waals surface area contributed by atoms with Gasteiger partial charge < -0.3 is 10.5 Å². The number of oxime groups is 1. The van der Waals surface area contributed by atoms with Crippen LogP contribution in [0.15, 0.2) is 62.6 Å². The Morgan fingerprint density at radius 2 is 1.32 bits per heavy atom. The highest BCUT2D eigenvalue weighted by atomic mass is 79.9. The number of hydrogen-bond donors (Lipinski definition) is 2. The van der Waals surface area contributed by atoms with Crippen molar-refractivity contribution in [2.24, 2.45) is 17.0 Å². The summed E-state index contributed by atoms with van der Waals surface area (Å²) < 4.78 is 2.19. The summed E-state index contributed by atoms with van der Waals surface area (Å²) in [6.07, 6.45) is 3.27. The van der Waals surface area contributed by atoms with Crippen LogP contribution in [-0.4, -0.2) is 10.9 Å². The first-order valence-corrected chi connectivity index (χ1v) is 10.3. The number of hydrogen-bond acceptors (Lipinski definition) is 3. The molecule has 1 aliphatic carbocycles. The molecule has 2 aromatic carbocycles. The summed E-state index contributed by atoms with van der Waals surface area (Å²) in [6.45, 7) is 0. The summed E-state index contributed by atoms with van der Waals surface area (Å²) in [6, 6.07) is 16.9. The highest BCUT2D eigenvalue weighted by Gasteiger charge is 2.46. The molecular formula is C20H20Br2N2O. The number of halogens is 2. The van der Waals surface area contributed by atoms with Crippen LogP contribution in [0.3, 0.4) is 0 Å². The van der Waals surface area contributed by atoms with Crippen molar-refractivity contribution in [3.63, 3.8) is 0 Å². The van der Waals surface area contributed by atoms with Crippen molar-refractivity contribution in [3.05, 3.63) is 68.6 Å². The molecule has 1 saturated heterocycles. The van der Waals surface area contributed by atoms with Gasteiger partial charge in [0.2, 0.25) is 0 Å². The van der Waals surface area contributed by atoms with Gasteiger partial charge in [0.25, 0.3) is 0 Å². The van der Waals surface area contributed by atoms with E-state index in [4.69, 9.17) is 0 Å². The average Bonchev–Trinajstić information content (AvgIpc) is 2.63. The van der Waals surface area contributed by atoms with E-state index in [9.17, 15) is 5.21 Å². The van der Waals surface area contributed by atoms with Crippen LogP contribution in [-0.2, 0) is 0 Å². The maximum absolute atomic E-state index is 9.80. The van der Waals surface area contributed by atoms with E-state index in [-0.39, 0.29) is 23.9 Å². The van der Waals surface area contributed by atoms with E-state index in [0.717, 1.165) is 33.9 Å². The third-order valence-corrected chi connectivity index (χ3v) is 6.99. The molecular weight excluding hydrogens is 444 g/mol. The number of nitrogens with zero attached hydrogens (tertiary/aromatic N) is 1. The zero-order valence-corrected chi connectivity index (χ0v) is 16.9. The molecule has 2 unspecified atom stereocenters. The van der Waals surface area contributed by atoms with Crippen LogP contribution in [0, 0.1) is 11.8 Å². The van der Waals surface area contributed by atoms with Gasteiger partial charge in [0.05, 0.1) is 5.71 Å². The molecule has 3 nitrogen and oxygen atoms in total. The maximum atomic E-state index is 9.80. The van der Waals surface area contributed by atoms with E-state index >= 15 is 0 Å². The van der Waals surface area contributed by atoms with Crippen molar-refractivity contribution in [1.82, 2.24) is 5.32 Å². The van der Waals surface area contributed by atoms with Gasteiger partial charge in [-0.25, -0.2) is 0 Å². The number of benzene rings is 2. The second kappa shape index (κ2) is 7.22. The minimum Gasteiger partial charge on any atom is -0.411 e. The highest BCUT2D eigenvalue weighted by Crippen LogP contribution is 2.48. The zero-order valence-electron chi connectivity index (χ0n) is 13.7. The molecule has 1 heterocycles. The topological polar surface area (TPSA) is 44.6 Å². The Kier molecular flexibility index (Phi) is 4.98. The summed E-state index contributed by atoms with van der Waals surface area (Å²) >= 11 is 7.41. The monoisotopic (exact) mass is 462 g/mol. The van der Waals surface area contributed by atoms with Gasteiger partial charge in [0, 0.05) is 32.9 Å². The third kappa shape index (κ3) is 3.07. The molecule has 0 spiro atoms. The number of nitrogens with one attached hydrogen (secondary N) is 1. The van der Waals surface area contributed by atoms with E-state index in [0.29, 0.717) is 0 Å². The highest BCUT2D eigenvalue weighted by molar-refractivity contribution is 9.10. The molecule has 1 aliphatic heterocycles. The first-order valence-electron chi connectivity index (χ1n) is 8.67. The van der Waals surface area contributed by atoms with Gasteiger partial charge in [-0.15, -0.1) is 0 Å². The van der Waals surface area contributed by atoms with Crippen molar-refractivity contribution >= 4 is 37.6 Å². The van der Waals surface area contributed by atoms with Crippen LogP contribution in [0.5, 0.6) is 0 Å². The lowest BCUT2D eigenvalue weighted by atomic mass is 9.67. The van der Waals surface area contributed by atoms with Crippen LogP contribution in [0.4, 0.5) is 0 Å². The predicted molar refractivity (Wildman–Crippen MR) is 107 cm³/mol. The fraction of sp³-hybridized carbons (Fsp3) is 0.350. The van der Waals surface area contributed by atoms with Crippen molar-refractivity contribution in [2.75, 3.05) is 0 Å². The third-order valence-electron chi connectivity index (χ3n) is 5.55. The summed E-state index contributed by atoms with van der Waals surface area (Å²) in [5.41, 5.74) is 3.41. The molecule has 5 heteroatoms.